The minimum atomic E-state index is -0.0587. The highest BCUT2D eigenvalue weighted by molar-refractivity contribution is 6.08. The minimum Gasteiger partial charge on any atom is -0.274 e. The number of anilines is 1. The Bertz CT molecular complexity index is 647. The van der Waals surface area contributed by atoms with Crippen molar-refractivity contribution in [1.29, 1.82) is 0 Å². The van der Waals surface area contributed by atoms with Crippen LogP contribution in [0.2, 0.25) is 0 Å². The molecule has 0 atom stereocenters. The molecule has 0 spiro atoms. The Labute approximate surface area is 119 Å². The predicted octanol–water partition coefficient (Wildman–Crippen LogP) is 4.02. The Morgan fingerprint density at radius 3 is 2.20 bits per heavy atom. The van der Waals surface area contributed by atoms with E-state index in [9.17, 15) is 4.79 Å². The van der Waals surface area contributed by atoms with E-state index in [1.54, 1.807) is 11.2 Å². The van der Waals surface area contributed by atoms with E-state index < -0.39 is 0 Å². The third kappa shape index (κ3) is 3.12. The summed E-state index contributed by atoms with van der Waals surface area (Å²) in [7, 11) is 0. The lowest BCUT2D eigenvalue weighted by Crippen LogP contribution is -2.27. The van der Waals surface area contributed by atoms with Crippen molar-refractivity contribution < 1.29 is 4.79 Å². The van der Waals surface area contributed by atoms with Gasteiger partial charge in [-0.1, -0.05) is 36.4 Å². The van der Waals surface area contributed by atoms with E-state index in [2.05, 4.69) is 4.99 Å². The molecular weight excluding hydrogens is 248 g/mol. The van der Waals surface area contributed by atoms with Crippen LogP contribution in [0, 0.1) is 13.8 Å². The van der Waals surface area contributed by atoms with Crippen molar-refractivity contribution in [3.8, 4) is 0 Å². The van der Waals surface area contributed by atoms with Gasteiger partial charge in [0.05, 0.1) is 11.4 Å². The summed E-state index contributed by atoms with van der Waals surface area (Å²) in [5.74, 6) is -0.0587. The first kappa shape index (κ1) is 14.0. The van der Waals surface area contributed by atoms with Crippen molar-refractivity contribution >= 4 is 23.6 Å². The molecule has 0 aliphatic rings. The molecule has 3 nitrogen and oxygen atoms in total. The summed E-state index contributed by atoms with van der Waals surface area (Å²) in [6.45, 7) is 5.52. The van der Waals surface area contributed by atoms with E-state index in [1.807, 2.05) is 62.4 Å². The maximum atomic E-state index is 11.8. The van der Waals surface area contributed by atoms with Crippen LogP contribution < -0.4 is 4.90 Å². The fourth-order valence-corrected chi connectivity index (χ4v) is 1.98. The van der Waals surface area contributed by atoms with Crippen LogP contribution in [0.4, 0.5) is 11.4 Å². The van der Waals surface area contributed by atoms with E-state index in [4.69, 9.17) is 0 Å². The smallest absolute Gasteiger partial charge is 0.229 e. The zero-order chi connectivity index (χ0) is 14.5. The number of para-hydroxylation sites is 2. The summed E-state index contributed by atoms with van der Waals surface area (Å²) in [4.78, 5) is 17.8. The summed E-state index contributed by atoms with van der Waals surface area (Å²) in [6, 6.07) is 15.6. The molecule has 0 fully saturated rings. The molecule has 2 rings (SSSR count). The van der Waals surface area contributed by atoms with Crippen molar-refractivity contribution in [2.24, 2.45) is 4.99 Å². The Hall–Kier alpha value is -2.42. The van der Waals surface area contributed by atoms with Gasteiger partial charge in [0, 0.05) is 6.92 Å². The van der Waals surface area contributed by atoms with E-state index >= 15 is 0 Å². The van der Waals surface area contributed by atoms with E-state index in [0.717, 1.165) is 22.5 Å². The molecule has 0 N–H and O–H groups in total. The Balaban J connectivity index is 2.34. The molecule has 0 radical (unpaired) electrons. The highest BCUT2D eigenvalue weighted by Gasteiger charge is 2.10. The second-order valence-electron chi connectivity index (χ2n) is 4.71. The number of nitrogens with zero attached hydrogens (tertiary/aromatic N) is 2. The molecule has 2 aromatic carbocycles. The number of carbonyl (C=O) groups excluding carboxylic acids is 1. The number of carbonyl (C=O) groups is 1. The zero-order valence-corrected chi connectivity index (χ0v) is 12.0. The molecule has 0 aromatic heterocycles. The van der Waals surface area contributed by atoms with Crippen LogP contribution in [0.5, 0.6) is 0 Å². The maximum Gasteiger partial charge on any atom is 0.229 e. The molecule has 0 unspecified atom stereocenters. The Morgan fingerprint density at radius 2 is 1.60 bits per heavy atom. The molecule has 0 aliphatic heterocycles. The SMILES string of the molecule is CC(=O)N(C=Nc1ccccc1C)c1ccccc1C. The standard InChI is InChI=1S/C17H18N2O/c1-13-8-4-6-10-16(13)18-12-19(15(3)20)17-11-7-5-9-14(17)2/h4-12H,1-3H3. The summed E-state index contributed by atoms with van der Waals surface area (Å²) in [5, 5.41) is 0. The second kappa shape index (κ2) is 6.15. The number of hydrogen-bond acceptors (Lipinski definition) is 2. The van der Waals surface area contributed by atoms with Gasteiger partial charge < -0.3 is 0 Å². The molecule has 0 bridgehead atoms. The summed E-state index contributed by atoms with van der Waals surface area (Å²) in [5.41, 5.74) is 3.85. The van der Waals surface area contributed by atoms with Crippen molar-refractivity contribution in [2.45, 2.75) is 20.8 Å². The number of hydrogen-bond donors (Lipinski definition) is 0. The summed E-state index contributed by atoms with van der Waals surface area (Å²) < 4.78 is 0. The maximum absolute atomic E-state index is 11.8. The lowest BCUT2D eigenvalue weighted by atomic mass is 10.2. The highest BCUT2D eigenvalue weighted by atomic mass is 16.2. The molecular formula is C17H18N2O. The third-order valence-corrected chi connectivity index (χ3v) is 3.14. The molecule has 102 valence electrons. The summed E-state index contributed by atoms with van der Waals surface area (Å²) >= 11 is 0. The van der Waals surface area contributed by atoms with Gasteiger partial charge in [0.2, 0.25) is 5.91 Å². The quantitative estimate of drug-likeness (QED) is 0.610. The van der Waals surface area contributed by atoms with Crippen molar-refractivity contribution in [3.63, 3.8) is 0 Å². The number of aliphatic imine (C=N–C) groups is 1. The van der Waals surface area contributed by atoms with Crippen LogP contribution in [0.25, 0.3) is 0 Å². The first-order chi connectivity index (χ1) is 9.59. The molecule has 2 aromatic rings. The molecule has 0 saturated heterocycles. The van der Waals surface area contributed by atoms with Gasteiger partial charge in [-0.05, 0) is 37.1 Å². The number of benzene rings is 2. The zero-order valence-electron chi connectivity index (χ0n) is 12.0. The first-order valence-corrected chi connectivity index (χ1v) is 6.55. The van der Waals surface area contributed by atoms with E-state index in [-0.39, 0.29) is 5.91 Å². The van der Waals surface area contributed by atoms with Crippen LogP contribution in [-0.4, -0.2) is 12.2 Å². The monoisotopic (exact) mass is 266 g/mol. The molecule has 3 heteroatoms. The molecule has 1 amide bonds. The van der Waals surface area contributed by atoms with Crippen LogP contribution >= 0.6 is 0 Å². The molecule has 20 heavy (non-hydrogen) atoms. The largest absolute Gasteiger partial charge is 0.274 e. The lowest BCUT2D eigenvalue weighted by molar-refractivity contribution is -0.115. The highest BCUT2D eigenvalue weighted by Crippen LogP contribution is 2.20. The topological polar surface area (TPSA) is 32.7 Å². The lowest BCUT2D eigenvalue weighted by Gasteiger charge is -2.17. The van der Waals surface area contributed by atoms with Gasteiger partial charge in [-0.15, -0.1) is 0 Å². The normalized spacial score (nSPS) is 10.8. The van der Waals surface area contributed by atoms with Crippen molar-refractivity contribution in [3.05, 3.63) is 59.7 Å². The van der Waals surface area contributed by atoms with Gasteiger partial charge in [-0.3, -0.25) is 9.69 Å². The van der Waals surface area contributed by atoms with Gasteiger partial charge in [0.1, 0.15) is 6.34 Å². The van der Waals surface area contributed by atoms with Crippen molar-refractivity contribution in [2.75, 3.05) is 4.90 Å². The fourth-order valence-electron chi connectivity index (χ4n) is 1.98. The van der Waals surface area contributed by atoms with Crippen molar-refractivity contribution in [1.82, 2.24) is 0 Å². The number of aryl methyl sites for hydroxylation is 2. The van der Waals surface area contributed by atoms with Gasteiger partial charge >= 0.3 is 0 Å². The van der Waals surface area contributed by atoms with Gasteiger partial charge in [-0.25, -0.2) is 4.99 Å². The van der Waals surface area contributed by atoms with Crippen LogP contribution in [0.1, 0.15) is 18.1 Å². The van der Waals surface area contributed by atoms with Crippen LogP contribution in [0.15, 0.2) is 53.5 Å². The molecule has 0 heterocycles. The average Bonchev–Trinajstić information content (AvgIpc) is 2.42. The number of rotatable bonds is 3. The minimum absolute atomic E-state index is 0.0587. The molecule has 0 aliphatic carbocycles. The van der Waals surface area contributed by atoms with Gasteiger partial charge in [0.25, 0.3) is 0 Å². The third-order valence-electron chi connectivity index (χ3n) is 3.14. The Kier molecular flexibility index (Phi) is 4.31. The predicted molar refractivity (Wildman–Crippen MR) is 83.7 cm³/mol. The molecule has 0 saturated carbocycles. The van der Waals surface area contributed by atoms with E-state index in [0.29, 0.717) is 0 Å². The average molecular weight is 266 g/mol. The Morgan fingerprint density at radius 1 is 1.00 bits per heavy atom. The van der Waals surface area contributed by atoms with Gasteiger partial charge in [-0.2, -0.15) is 0 Å². The van der Waals surface area contributed by atoms with Crippen LogP contribution in [0.3, 0.4) is 0 Å². The van der Waals surface area contributed by atoms with Crippen LogP contribution in [-0.2, 0) is 4.79 Å². The second-order valence-corrected chi connectivity index (χ2v) is 4.71. The fraction of sp³-hybridized carbons (Fsp3) is 0.176. The van der Waals surface area contributed by atoms with E-state index in [1.165, 1.54) is 6.92 Å². The first-order valence-electron chi connectivity index (χ1n) is 6.55. The summed E-state index contributed by atoms with van der Waals surface area (Å²) in [6.07, 6.45) is 1.59. The number of amides is 1. The van der Waals surface area contributed by atoms with Gasteiger partial charge in [0.15, 0.2) is 0 Å².